The van der Waals surface area contributed by atoms with Gasteiger partial charge < -0.3 is 0 Å². The topological polar surface area (TPSA) is 34.1 Å². The number of hydrogen-bond acceptors (Lipinski definition) is 2. The van der Waals surface area contributed by atoms with Gasteiger partial charge in [0.1, 0.15) is 0 Å². The molecule has 0 saturated heterocycles. The molecule has 1 unspecified atom stereocenters. The second kappa shape index (κ2) is 5.41. The van der Waals surface area contributed by atoms with Crippen LogP contribution in [0.3, 0.4) is 0 Å². The van der Waals surface area contributed by atoms with Crippen LogP contribution in [0, 0.1) is 0 Å². The first-order chi connectivity index (χ1) is 11.1. The Bertz CT molecular complexity index is 828. The first-order valence-electron chi connectivity index (χ1n) is 8.42. The monoisotopic (exact) mass is 320 g/mol. The molecule has 0 radical (unpaired) electrons. The number of rotatable bonds is 3. The van der Waals surface area contributed by atoms with Crippen molar-refractivity contribution in [2.45, 2.75) is 51.9 Å². The number of benzene rings is 2. The lowest BCUT2D eigenvalue weighted by Crippen LogP contribution is -2.23. The summed E-state index contributed by atoms with van der Waals surface area (Å²) in [6, 6.07) is 14.1. The predicted octanol–water partition coefficient (Wildman–Crippen LogP) is 5.08. The van der Waals surface area contributed by atoms with Crippen LogP contribution in [-0.2, 0) is 10.8 Å². The molecule has 1 atom stereocenters. The van der Waals surface area contributed by atoms with Gasteiger partial charge in [0.2, 0.25) is 0 Å². The Balaban J connectivity index is 2.13. The molecule has 24 heavy (non-hydrogen) atoms. The molecule has 2 nitrogen and oxygen atoms in total. The molecule has 0 aliphatic heterocycles. The van der Waals surface area contributed by atoms with E-state index in [4.69, 9.17) is 0 Å². The van der Waals surface area contributed by atoms with Crippen LogP contribution in [0.4, 0.5) is 0 Å². The number of Topliss-reactive ketones (excluding diaryl/α,β-unsaturated/α-hetero) is 2. The van der Waals surface area contributed by atoms with Gasteiger partial charge in [0, 0.05) is 16.5 Å². The lowest BCUT2D eigenvalue weighted by molar-refractivity contribution is 0.100. The maximum atomic E-state index is 11.8. The minimum absolute atomic E-state index is 0.00872. The number of hydrogen-bond donors (Lipinski definition) is 0. The van der Waals surface area contributed by atoms with E-state index >= 15 is 0 Å². The van der Waals surface area contributed by atoms with Gasteiger partial charge in [-0.05, 0) is 48.4 Å². The Morgan fingerprint density at radius 2 is 1.33 bits per heavy atom. The minimum Gasteiger partial charge on any atom is -0.295 e. The second-order valence-corrected chi connectivity index (χ2v) is 7.84. The molecule has 0 heterocycles. The first kappa shape index (κ1) is 16.6. The highest BCUT2D eigenvalue weighted by molar-refractivity contribution is 5.95. The van der Waals surface area contributed by atoms with Gasteiger partial charge in [0.05, 0.1) is 0 Å². The zero-order valence-corrected chi connectivity index (χ0v) is 15.1. The van der Waals surface area contributed by atoms with Crippen LogP contribution in [0.5, 0.6) is 0 Å². The van der Waals surface area contributed by atoms with Crippen LogP contribution in [0.25, 0.3) is 0 Å². The molecule has 0 saturated carbocycles. The minimum atomic E-state index is -0.108. The molecule has 0 amide bonds. The van der Waals surface area contributed by atoms with E-state index in [0.29, 0.717) is 0 Å². The molecule has 3 rings (SSSR count). The lowest BCUT2D eigenvalue weighted by Gasteiger charge is -2.28. The number of carbonyl (C=O) groups is 2. The van der Waals surface area contributed by atoms with Crippen molar-refractivity contribution in [3.63, 3.8) is 0 Å². The van der Waals surface area contributed by atoms with Gasteiger partial charge in [0.15, 0.2) is 11.6 Å². The van der Waals surface area contributed by atoms with Crippen molar-refractivity contribution in [3.8, 4) is 0 Å². The average molecular weight is 320 g/mol. The maximum Gasteiger partial charge on any atom is 0.159 e. The normalized spacial score (nSPS) is 21.4. The van der Waals surface area contributed by atoms with E-state index in [1.165, 1.54) is 16.7 Å². The van der Waals surface area contributed by atoms with Crippen molar-refractivity contribution < 1.29 is 9.59 Å². The summed E-state index contributed by atoms with van der Waals surface area (Å²) in [5.74, 6) is 0.193. The molecule has 0 spiro atoms. The van der Waals surface area contributed by atoms with Crippen LogP contribution in [0.2, 0.25) is 0 Å². The molecule has 1 aliphatic rings. The van der Waals surface area contributed by atoms with Crippen LogP contribution < -0.4 is 0 Å². The quantitative estimate of drug-likeness (QED) is 0.739. The van der Waals surface area contributed by atoms with Gasteiger partial charge in [-0.25, -0.2) is 0 Å². The Hall–Kier alpha value is -2.22. The van der Waals surface area contributed by atoms with Gasteiger partial charge in [-0.15, -0.1) is 0 Å². The van der Waals surface area contributed by atoms with E-state index < -0.39 is 0 Å². The molecule has 0 N–H and O–H groups in total. The van der Waals surface area contributed by atoms with Crippen LogP contribution in [-0.4, -0.2) is 11.6 Å². The van der Waals surface area contributed by atoms with Crippen molar-refractivity contribution in [2.24, 2.45) is 0 Å². The lowest BCUT2D eigenvalue weighted by atomic mass is 9.75. The van der Waals surface area contributed by atoms with Crippen molar-refractivity contribution >= 4 is 11.6 Å². The summed E-state index contributed by atoms with van der Waals surface area (Å²) >= 11 is 0. The Morgan fingerprint density at radius 3 is 1.88 bits per heavy atom. The van der Waals surface area contributed by atoms with Crippen LogP contribution >= 0.6 is 0 Å². The summed E-state index contributed by atoms with van der Waals surface area (Å²) in [6.07, 6.45) is 0.982. The van der Waals surface area contributed by atoms with E-state index in [2.05, 4.69) is 45.0 Å². The maximum absolute atomic E-state index is 11.8. The van der Waals surface area contributed by atoms with Crippen molar-refractivity contribution in [2.75, 3.05) is 0 Å². The van der Waals surface area contributed by atoms with E-state index in [1.54, 1.807) is 13.8 Å². The van der Waals surface area contributed by atoms with E-state index in [9.17, 15) is 9.59 Å². The fourth-order valence-electron chi connectivity index (χ4n) is 4.21. The van der Waals surface area contributed by atoms with Crippen LogP contribution in [0.1, 0.15) is 78.4 Å². The van der Waals surface area contributed by atoms with E-state index in [0.717, 1.165) is 17.5 Å². The fourth-order valence-corrected chi connectivity index (χ4v) is 4.21. The summed E-state index contributed by atoms with van der Waals surface area (Å²) in [5, 5.41) is 0. The summed E-state index contributed by atoms with van der Waals surface area (Å²) in [7, 11) is 0. The Kier molecular flexibility index (Phi) is 3.75. The highest BCUT2D eigenvalue weighted by Gasteiger charge is 2.45. The largest absolute Gasteiger partial charge is 0.295 e. The standard InChI is InChI=1S/C22H24O2/c1-14(23)16-6-9-18(10-7-16)22(5)13-21(3,4)20-12-17(15(2)24)8-11-19(20)22/h6-12H,13H2,1-5H3. The predicted molar refractivity (Wildman–Crippen MR) is 97.0 cm³/mol. The zero-order chi connectivity index (χ0) is 17.7. The molecule has 2 aromatic carbocycles. The van der Waals surface area contributed by atoms with E-state index in [1.807, 2.05) is 18.2 Å². The molecular weight excluding hydrogens is 296 g/mol. The third kappa shape index (κ3) is 2.50. The molecule has 124 valence electrons. The van der Waals surface area contributed by atoms with Gasteiger partial charge in [-0.1, -0.05) is 57.2 Å². The Morgan fingerprint density at radius 1 is 0.792 bits per heavy atom. The van der Waals surface area contributed by atoms with Gasteiger partial charge in [-0.2, -0.15) is 0 Å². The molecule has 1 aliphatic carbocycles. The van der Waals surface area contributed by atoms with Gasteiger partial charge in [0.25, 0.3) is 0 Å². The third-order valence-corrected chi connectivity index (χ3v) is 5.47. The second-order valence-electron chi connectivity index (χ2n) is 7.84. The Labute approximate surface area is 143 Å². The van der Waals surface area contributed by atoms with Gasteiger partial charge in [-0.3, -0.25) is 9.59 Å². The number of ketones is 2. The van der Waals surface area contributed by atoms with Crippen molar-refractivity contribution in [1.29, 1.82) is 0 Å². The summed E-state index contributed by atoms with van der Waals surface area (Å²) in [5.41, 5.74) is 5.18. The summed E-state index contributed by atoms with van der Waals surface area (Å²) < 4.78 is 0. The van der Waals surface area contributed by atoms with E-state index in [-0.39, 0.29) is 22.4 Å². The average Bonchev–Trinajstić information content (AvgIpc) is 2.74. The smallest absolute Gasteiger partial charge is 0.159 e. The fraction of sp³-hybridized carbons (Fsp3) is 0.364. The molecule has 0 aromatic heterocycles. The van der Waals surface area contributed by atoms with Gasteiger partial charge >= 0.3 is 0 Å². The van der Waals surface area contributed by atoms with Crippen molar-refractivity contribution in [1.82, 2.24) is 0 Å². The molecular formula is C22H24O2. The van der Waals surface area contributed by atoms with Crippen molar-refractivity contribution in [3.05, 3.63) is 70.3 Å². The third-order valence-electron chi connectivity index (χ3n) is 5.47. The molecule has 2 aromatic rings. The molecule has 0 fully saturated rings. The molecule has 0 bridgehead atoms. The number of carbonyl (C=O) groups excluding carboxylic acids is 2. The first-order valence-corrected chi connectivity index (χ1v) is 8.42. The highest BCUT2D eigenvalue weighted by Crippen LogP contribution is 2.52. The highest BCUT2D eigenvalue weighted by atomic mass is 16.1. The number of fused-ring (bicyclic) bond motifs is 1. The van der Waals surface area contributed by atoms with Crippen LogP contribution in [0.15, 0.2) is 42.5 Å². The summed E-state index contributed by atoms with van der Waals surface area (Å²) in [6.45, 7) is 9.95. The SMILES string of the molecule is CC(=O)c1ccc(C2(C)CC(C)(C)c3cc(C(C)=O)ccc32)cc1. The summed E-state index contributed by atoms with van der Waals surface area (Å²) in [4.78, 5) is 23.3. The zero-order valence-electron chi connectivity index (χ0n) is 15.1. The molecule has 2 heteroatoms.